The van der Waals surface area contributed by atoms with Gasteiger partial charge in [-0.3, -0.25) is 0 Å². The standard InChI is InChI=1S/C19H25NO2/c1-16-7-6-10-19(13-16)22-15-18(21)14-20(2)12-11-17-8-4-3-5-9-17/h3-10,13,18,21H,11-12,14-15H2,1-2H3. The predicted molar refractivity (Wildman–Crippen MR) is 90.3 cm³/mol. The lowest BCUT2D eigenvalue weighted by Crippen LogP contribution is -2.34. The summed E-state index contributed by atoms with van der Waals surface area (Å²) < 4.78 is 5.64. The molecule has 22 heavy (non-hydrogen) atoms. The number of nitrogens with zero attached hydrogens (tertiary/aromatic N) is 1. The predicted octanol–water partition coefficient (Wildman–Crippen LogP) is 2.91. The lowest BCUT2D eigenvalue weighted by Gasteiger charge is -2.21. The van der Waals surface area contributed by atoms with E-state index in [-0.39, 0.29) is 0 Å². The Morgan fingerprint density at radius 2 is 1.86 bits per heavy atom. The summed E-state index contributed by atoms with van der Waals surface area (Å²) in [6.07, 6.45) is 0.504. The minimum Gasteiger partial charge on any atom is -0.491 e. The molecular weight excluding hydrogens is 274 g/mol. The molecular formula is C19H25NO2. The first kappa shape index (κ1) is 16.5. The van der Waals surface area contributed by atoms with Crippen molar-refractivity contribution >= 4 is 0 Å². The molecule has 0 aliphatic carbocycles. The van der Waals surface area contributed by atoms with Crippen LogP contribution < -0.4 is 4.74 Å². The van der Waals surface area contributed by atoms with Crippen molar-refractivity contribution in [3.05, 3.63) is 65.7 Å². The Balaban J connectivity index is 1.68. The lowest BCUT2D eigenvalue weighted by atomic mass is 10.1. The van der Waals surface area contributed by atoms with Crippen molar-refractivity contribution < 1.29 is 9.84 Å². The fraction of sp³-hybridized carbons (Fsp3) is 0.368. The van der Waals surface area contributed by atoms with Gasteiger partial charge in [0.15, 0.2) is 0 Å². The topological polar surface area (TPSA) is 32.7 Å². The van der Waals surface area contributed by atoms with Gasteiger partial charge in [-0.25, -0.2) is 0 Å². The number of aryl methyl sites for hydroxylation is 1. The van der Waals surface area contributed by atoms with Crippen molar-refractivity contribution in [1.82, 2.24) is 4.90 Å². The molecule has 0 amide bonds. The van der Waals surface area contributed by atoms with Crippen LogP contribution in [-0.2, 0) is 6.42 Å². The maximum absolute atomic E-state index is 10.1. The van der Waals surface area contributed by atoms with Crippen molar-refractivity contribution in [3.63, 3.8) is 0 Å². The van der Waals surface area contributed by atoms with Crippen LogP contribution in [0.5, 0.6) is 5.75 Å². The first-order chi connectivity index (χ1) is 10.6. The van der Waals surface area contributed by atoms with E-state index in [0.717, 1.165) is 24.3 Å². The van der Waals surface area contributed by atoms with Gasteiger partial charge in [0.1, 0.15) is 18.5 Å². The SMILES string of the molecule is Cc1cccc(OCC(O)CN(C)CCc2ccccc2)c1. The Labute approximate surface area is 133 Å². The van der Waals surface area contributed by atoms with Gasteiger partial charge in [0.05, 0.1) is 0 Å². The van der Waals surface area contributed by atoms with Gasteiger partial charge >= 0.3 is 0 Å². The molecule has 1 atom stereocenters. The molecule has 0 aromatic heterocycles. The molecule has 0 spiro atoms. The molecule has 2 rings (SSSR count). The number of hydrogen-bond donors (Lipinski definition) is 1. The molecule has 1 unspecified atom stereocenters. The normalized spacial score (nSPS) is 12.4. The van der Waals surface area contributed by atoms with E-state index in [1.165, 1.54) is 5.56 Å². The zero-order chi connectivity index (χ0) is 15.8. The van der Waals surface area contributed by atoms with Crippen LogP contribution >= 0.6 is 0 Å². The van der Waals surface area contributed by atoms with Gasteiger partial charge in [0.25, 0.3) is 0 Å². The van der Waals surface area contributed by atoms with Gasteiger partial charge in [0, 0.05) is 13.1 Å². The Morgan fingerprint density at radius 3 is 2.59 bits per heavy atom. The highest BCUT2D eigenvalue weighted by Gasteiger charge is 2.09. The van der Waals surface area contributed by atoms with E-state index >= 15 is 0 Å². The Hall–Kier alpha value is -1.84. The molecule has 0 aliphatic rings. The summed E-state index contributed by atoms with van der Waals surface area (Å²) in [5.41, 5.74) is 2.48. The minimum atomic E-state index is -0.485. The summed E-state index contributed by atoms with van der Waals surface area (Å²) in [6, 6.07) is 18.3. The van der Waals surface area contributed by atoms with Crippen molar-refractivity contribution in [2.75, 3.05) is 26.7 Å². The molecule has 0 heterocycles. The minimum absolute atomic E-state index is 0.319. The average molecular weight is 299 g/mol. The molecule has 0 saturated carbocycles. The zero-order valence-corrected chi connectivity index (χ0v) is 13.4. The highest BCUT2D eigenvalue weighted by Crippen LogP contribution is 2.12. The number of rotatable bonds is 8. The quantitative estimate of drug-likeness (QED) is 0.813. The first-order valence-corrected chi connectivity index (χ1v) is 7.73. The summed E-state index contributed by atoms with van der Waals surface area (Å²) in [7, 11) is 2.03. The Bertz CT molecular complexity index is 556. The van der Waals surface area contributed by atoms with E-state index in [2.05, 4.69) is 29.2 Å². The molecule has 118 valence electrons. The molecule has 2 aromatic carbocycles. The zero-order valence-electron chi connectivity index (χ0n) is 13.4. The molecule has 0 aliphatic heterocycles. The highest BCUT2D eigenvalue weighted by atomic mass is 16.5. The van der Waals surface area contributed by atoms with Crippen LogP contribution in [0.15, 0.2) is 54.6 Å². The average Bonchev–Trinajstić information content (AvgIpc) is 2.52. The number of benzene rings is 2. The monoisotopic (exact) mass is 299 g/mol. The third-order valence-corrected chi connectivity index (χ3v) is 3.58. The van der Waals surface area contributed by atoms with Gasteiger partial charge in [-0.2, -0.15) is 0 Å². The molecule has 1 N–H and O–H groups in total. The smallest absolute Gasteiger partial charge is 0.119 e. The van der Waals surface area contributed by atoms with Crippen molar-refractivity contribution in [1.29, 1.82) is 0 Å². The summed E-state index contributed by atoms with van der Waals surface area (Å²) in [4.78, 5) is 2.14. The largest absolute Gasteiger partial charge is 0.491 e. The van der Waals surface area contributed by atoms with Gasteiger partial charge in [-0.05, 0) is 43.7 Å². The molecule has 0 saturated heterocycles. The van der Waals surface area contributed by atoms with E-state index in [1.54, 1.807) is 0 Å². The molecule has 0 radical (unpaired) electrons. The maximum Gasteiger partial charge on any atom is 0.119 e. The maximum atomic E-state index is 10.1. The highest BCUT2D eigenvalue weighted by molar-refractivity contribution is 5.27. The van der Waals surface area contributed by atoms with Gasteiger partial charge < -0.3 is 14.7 Å². The van der Waals surface area contributed by atoms with Gasteiger partial charge in [0.2, 0.25) is 0 Å². The molecule has 2 aromatic rings. The van der Waals surface area contributed by atoms with Crippen LogP contribution in [0, 0.1) is 6.92 Å². The van der Waals surface area contributed by atoms with Crippen molar-refractivity contribution in [2.45, 2.75) is 19.4 Å². The van der Waals surface area contributed by atoms with E-state index < -0.39 is 6.10 Å². The van der Waals surface area contributed by atoms with E-state index in [0.29, 0.717) is 13.2 Å². The summed E-state index contributed by atoms with van der Waals surface area (Å²) >= 11 is 0. The Morgan fingerprint density at radius 1 is 1.09 bits per heavy atom. The van der Waals surface area contributed by atoms with Gasteiger partial charge in [-0.1, -0.05) is 42.5 Å². The second-order valence-electron chi connectivity index (χ2n) is 5.78. The third kappa shape index (κ3) is 5.88. The summed E-state index contributed by atoms with van der Waals surface area (Å²) in [5, 5.41) is 10.1. The number of likely N-dealkylation sites (N-methyl/N-ethyl adjacent to an activating group) is 1. The molecule has 0 fully saturated rings. The van der Waals surface area contributed by atoms with E-state index in [9.17, 15) is 5.11 Å². The fourth-order valence-corrected chi connectivity index (χ4v) is 2.37. The van der Waals surface area contributed by atoms with Crippen molar-refractivity contribution in [2.24, 2.45) is 0 Å². The second-order valence-corrected chi connectivity index (χ2v) is 5.78. The molecule has 3 nitrogen and oxygen atoms in total. The van der Waals surface area contributed by atoms with Crippen LogP contribution in [0.25, 0.3) is 0 Å². The summed E-state index contributed by atoms with van der Waals surface area (Å²) in [5.74, 6) is 0.811. The lowest BCUT2D eigenvalue weighted by molar-refractivity contribution is 0.0767. The van der Waals surface area contributed by atoms with E-state index in [4.69, 9.17) is 4.74 Å². The van der Waals surface area contributed by atoms with Crippen LogP contribution in [0.3, 0.4) is 0 Å². The number of aliphatic hydroxyl groups excluding tert-OH is 1. The second kappa shape index (κ2) is 8.57. The summed E-state index contributed by atoms with van der Waals surface area (Å²) in [6.45, 7) is 3.88. The van der Waals surface area contributed by atoms with Crippen LogP contribution in [0.1, 0.15) is 11.1 Å². The number of ether oxygens (including phenoxy) is 1. The van der Waals surface area contributed by atoms with Crippen LogP contribution in [0.2, 0.25) is 0 Å². The van der Waals surface area contributed by atoms with Crippen LogP contribution in [0.4, 0.5) is 0 Å². The molecule has 3 heteroatoms. The number of hydrogen-bond acceptors (Lipinski definition) is 3. The van der Waals surface area contributed by atoms with Crippen molar-refractivity contribution in [3.8, 4) is 5.75 Å². The number of aliphatic hydroxyl groups is 1. The van der Waals surface area contributed by atoms with E-state index in [1.807, 2.05) is 44.3 Å². The fourth-order valence-electron chi connectivity index (χ4n) is 2.37. The van der Waals surface area contributed by atoms with Gasteiger partial charge in [-0.15, -0.1) is 0 Å². The Kier molecular flexibility index (Phi) is 6.44. The first-order valence-electron chi connectivity index (χ1n) is 7.73. The molecule has 0 bridgehead atoms. The van der Waals surface area contributed by atoms with Crippen LogP contribution in [-0.4, -0.2) is 42.9 Å². The third-order valence-electron chi connectivity index (χ3n) is 3.58.